The van der Waals surface area contributed by atoms with Crippen LogP contribution in [-0.4, -0.2) is 43.2 Å². The molecule has 0 aliphatic carbocycles. The number of nitrogens with zero attached hydrogens (tertiary/aromatic N) is 1. The minimum atomic E-state index is -0.434. The lowest BCUT2D eigenvalue weighted by Gasteiger charge is -2.26. The molecule has 0 radical (unpaired) electrons. The summed E-state index contributed by atoms with van der Waals surface area (Å²) in [6.45, 7) is 2.40. The van der Waals surface area contributed by atoms with E-state index in [1.54, 1.807) is 26.2 Å². The fourth-order valence-electron chi connectivity index (χ4n) is 3.08. The molecule has 0 fully saturated rings. The van der Waals surface area contributed by atoms with Crippen molar-refractivity contribution in [3.8, 4) is 11.5 Å². The van der Waals surface area contributed by atoms with E-state index in [2.05, 4.69) is 5.32 Å². The lowest BCUT2D eigenvalue weighted by atomic mass is 10.1. The summed E-state index contributed by atoms with van der Waals surface area (Å²) in [5.41, 5.74) is 2.78. The van der Waals surface area contributed by atoms with Gasteiger partial charge in [0.25, 0.3) is 0 Å². The van der Waals surface area contributed by atoms with Crippen LogP contribution in [0.5, 0.6) is 11.5 Å². The predicted octanol–water partition coefficient (Wildman–Crippen LogP) is 3.47. The lowest BCUT2D eigenvalue weighted by Crippen LogP contribution is -2.35. The minimum Gasteiger partial charge on any atom is -0.493 e. The largest absolute Gasteiger partial charge is 0.493 e. The van der Waals surface area contributed by atoms with Crippen molar-refractivity contribution in [1.29, 1.82) is 0 Å². The highest BCUT2D eigenvalue weighted by Crippen LogP contribution is 2.37. The number of hydrogen-bond acceptors (Lipinski definition) is 5. The lowest BCUT2D eigenvalue weighted by molar-refractivity contribution is -0.131. The fraction of sp³-hybridized carbons (Fsp3) is 0.333. The third kappa shape index (κ3) is 4.25. The normalized spacial score (nSPS) is 15.4. The van der Waals surface area contributed by atoms with E-state index in [9.17, 15) is 9.59 Å². The Labute approximate surface area is 169 Å². The molecule has 2 aromatic rings. The Balaban J connectivity index is 1.68. The van der Waals surface area contributed by atoms with E-state index in [4.69, 9.17) is 9.47 Å². The number of methoxy groups -OCH3 is 2. The minimum absolute atomic E-state index is 0.0822. The SMILES string of the molecule is COc1cc(C)c(CN(C)C(=O)C[C@H]2Sc3ccccc3NC2=O)cc1OC. The molecule has 0 spiro atoms. The smallest absolute Gasteiger partial charge is 0.238 e. The van der Waals surface area contributed by atoms with Crippen LogP contribution in [0.15, 0.2) is 41.3 Å². The van der Waals surface area contributed by atoms with Gasteiger partial charge in [0.1, 0.15) is 0 Å². The topological polar surface area (TPSA) is 67.9 Å². The molecular weight excluding hydrogens is 376 g/mol. The monoisotopic (exact) mass is 400 g/mol. The van der Waals surface area contributed by atoms with Crippen LogP contribution >= 0.6 is 11.8 Å². The molecule has 148 valence electrons. The molecule has 0 saturated carbocycles. The number of hydrogen-bond donors (Lipinski definition) is 1. The first kappa shape index (κ1) is 20.1. The summed E-state index contributed by atoms with van der Waals surface area (Å²) in [6.07, 6.45) is 0.146. The molecule has 6 nitrogen and oxygen atoms in total. The Morgan fingerprint density at radius 2 is 1.86 bits per heavy atom. The summed E-state index contributed by atoms with van der Waals surface area (Å²) in [6, 6.07) is 11.4. The van der Waals surface area contributed by atoms with Crippen LogP contribution in [0.3, 0.4) is 0 Å². The number of aryl methyl sites for hydroxylation is 1. The zero-order valence-electron chi connectivity index (χ0n) is 16.4. The molecule has 0 bridgehead atoms. The molecule has 2 amide bonds. The van der Waals surface area contributed by atoms with Crippen molar-refractivity contribution in [2.75, 3.05) is 26.6 Å². The second kappa shape index (κ2) is 8.56. The van der Waals surface area contributed by atoms with Crippen molar-refractivity contribution in [2.24, 2.45) is 0 Å². The Hall–Kier alpha value is -2.67. The molecule has 28 heavy (non-hydrogen) atoms. The maximum absolute atomic E-state index is 12.7. The number of para-hydroxylation sites is 1. The van der Waals surface area contributed by atoms with Gasteiger partial charge in [0.15, 0.2) is 11.5 Å². The summed E-state index contributed by atoms with van der Waals surface area (Å²) >= 11 is 1.44. The number of thioether (sulfide) groups is 1. The van der Waals surface area contributed by atoms with Crippen LogP contribution in [0.25, 0.3) is 0 Å². The van der Waals surface area contributed by atoms with E-state index in [1.165, 1.54) is 11.8 Å². The number of nitrogens with one attached hydrogen (secondary N) is 1. The van der Waals surface area contributed by atoms with Crippen LogP contribution < -0.4 is 14.8 Å². The van der Waals surface area contributed by atoms with Gasteiger partial charge in [0.05, 0.1) is 25.2 Å². The predicted molar refractivity (Wildman–Crippen MR) is 110 cm³/mol. The zero-order chi connectivity index (χ0) is 20.3. The van der Waals surface area contributed by atoms with Gasteiger partial charge in [0, 0.05) is 24.9 Å². The van der Waals surface area contributed by atoms with E-state index >= 15 is 0 Å². The van der Waals surface area contributed by atoms with Gasteiger partial charge in [-0.05, 0) is 42.3 Å². The number of ether oxygens (including phenoxy) is 2. The Morgan fingerprint density at radius 3 is 2.57 bits per heavy atom. The molecule has 1 aliphatic rings. The second-order valence-electron chi connectivity index (χ2n) is 6.68. The molecule has 7 heteroatoms. The zero-order valence-corrected chi connectivity index (χ0v) is 17.3. The van der Waals surface area contributed by atoms with Gasteiger partial charge in [0.2, 0.25) is 11.8 Å². The average molecular weight is 401 g/mol. The molecule has 0 aromatic heterocycles. The van der Waals surface area contributed by atoms with Crippen molar-refractivity contribution < 1.29 is 19.1 Å². The van der Waals surface area contributed by atoms with E-state index in [0.29, 0.717) is 18.0 Å². The molecule has 1 aliphatic heterocycles. The number of anilines is 1. The van der Waals surface area contributed by atoms with Crippen molar-refractivity contribution in [2.45, 2.75) is 30.0 Å². The van der Waals surface area contributed by atoms with Crippen LogP contribution in [0, 0.1) is 6.92 Å². The average Bonchev–Trinajstić information content (AvgIpc) is 2.69. The third-order valence-corrected chi connectivity index (χ3v) is 6.02. The molecule has 1 atom stereocenters. The highest BCUT2D eigenvalue weighted by atomic mass is 32.2. The van der Waals surface area contributed by atoms with E-state index in [-0.39, 0.29) is 18.2 Å². The van der Waals surface area contributed by atoms with Gasteiger partial charge in [-0.1, -0.05) is 12.1 Å². The van der Waals surface area contributed by atoms with Gasteiger partial charge >= 0.3 is 0 Å². The number of amides is 2. The van der Waals surface area contributed by atoms with Crippen molar-refractivity contribution in [3.63, 3.8) is 0 Å². The summed E-state index contributed by atoms with van der Waals surface area (Å²) in [7, 11) is 4.93. The summed E-state index contributed by atoms with van der Waals surface area (Å²) in [5.74, 6) is 1.07. The second-order valence-corrected chi connectivity index (χ2v) is 7.92. The van der Waals surface area contributed by atoms with Crippen molar-refractivity contribution in [1.82, 2.24) is 4.90 Å². The first-order valence-electron chi connectivity index (χ1n) is 8.95. The highest BCUT2D eigenvalue weighted by molar-refractivity contribution is 8.01. The maximum Gasteiger partial charge on any atom is 0.238 e. The molecule has 0 saturated heterocycles. The number of fused-ring (bicyclic) bond motifs is 1. The van der Waals surface area contributed by atoms with Crippen LogP contribution in [0.1, 0.15) is 17.5 Å². The van der Waals surface area contributed by atoms with Gasteiger partial charge in [-0.25, -0.2) is 0 Å². The summed E-state index contributed by atoms with van der Waals surface area (Å²) < 4.78 is 10.7. The highest BCUT2D eigenvalue weighted by Gasteiger charge is 2.29. The number of carbonyl (C=O) groups excluding carboxylic acids is 2. The fourth-order valence-corrected chi connectivity index (χ4v) is 4.18. The third-order valence-electron chi connectivity index (χ3n) is 4.74. The Kier molecular flexibility index (Phi) is 6.14. The summed E-state index contributed by atoms with van der Waals surface area (Å²) in [5, 5.41) is 2.45. The van der Waals surface area contributed by atoms with Gasteiger partial charge in [-0.2, -0.15) is 0 Å². The molecule has 1 N–H and O–H groups in total. The molecular formula is C21H24N2O4S. The van der Waals surface area contributed by atoms with Crippen LogP contribution in [-0.2, 0) is 16.1 Å². The van der Waals surface area contributed by atoms with Gasteiger partial charge < -0.3 is 19.7 Å². The standard InChI is InChI=1S/C21H24N2O4S/c1-13-9-16(26-3)17(27-4)10-14(13)12-23(2)20(24)11-19-21(25)22-15-7-5-6-8-18(15)28-19/h5-10,19H,11-12H2,1-4H3,(H,22,25)/t19-/m1/s1. The first-order chi connectivity index (χ1) is 13.4. The van der Waals surface area contributed by atoms with Crippen molar-refractivity contribution in [3.05, 3.63) is 47.5 Å². The molecule has 3 rings (SSSR count). The molecule has 1 heterocycles. The molecule has 2 aromatic carbocycles. The number of carbonyl (C=O) groups is 2. The quantitative estimate of drug-likeness (QED) is 0.804. The molecule has 0 unspecified atom stereocenters. The maximum atomic E-state index is 12.7. The summed E-state index contributed by atoms with van der Waals surface area (Å²) in [4.78, 5) is 27.7. The number of rotatable bonds is 6. The Bertz CT molecular complexity index is 900. The van der Waals surface area contributed by atoms with Crippen LogP contribution in [0.2, 0.25) is 0 Å². The van der Waals surface area contributed by atoms with Gasteiger partial charge in [-0.15, -0.1) is 11.8 Å². The van der Waals surface area contributed by atoms with E-state index in [1.807, 2.05) is 43.3 Å². The van der Waals surface area contributed by atoms with Crippen molar-refractivity contribution >= 4 is 29.3 Å². The first-order valence-corrected chi connectivity index (χ1v) is 9.83. The van der Waals surface area contributed by atoms with E-state index in [0.717, 1.165) is 21.7 Å². The number of benzene rings is 2. The Morgan fingerprint density at radius 1 is 1.18 bits per heavy atom. The van der Waals surface area contributed by atoms with E-state index < -0.39 is 5.25 Å². The van der Waals surface area contributed by atoms with Crippen LogP contribution in [0.4, 0.5) is 5.69 Å². The van der Waals surface area contributed by atoms with Gasteiger partial charge in [-0.3, -0.25) is 9.59 Å².